The number of anilines is 1. The molecular formula is C34H42FN3O6S. The van der Waals surface area contributed by atoms with E-state index >= 15 is 0 Å². The van der Waals surface area contributed by atoms with E-state index in [2.05, 4.69) is 5.32 Å². The second kappa shape index (κ2) is 14.8. The largest absolute Gasteiger partial charge is 0.493 e. The van der Waals surface area contributed by atoms with E-state index in [0.717, 1.165) is 47.5 Å². The summed E-state index contributed by atoms with van der Waals surface area (Å²) in [5.41, 5.74) is 2.53. The number of halogens is 1. The number of methoxy groups -OCH3 is 2. The molecule has 0 unspecified atom stereocenters. The van der Waals surface area contributed by atoms with Crippen LogP contribution in [0.5, 0.6) is 11.5 Å². The number of hydrogen-bond donors (Lipinski definition) is 1. The van der Waals surface area contributed by atoms with Crippen molar-refractivity contribution in [2.45, 2.75) is 76.4 Å². The SMILES string of the molecule is COc1ccc(S(=O)(=O)N(CC(=O)N(Cc2ccc(F)cc2)[C@H](C)C(=O)NC2CCCCC2)c2cc(C)cc(C)c2)cc1OC. The minimum atomic E-state index is -4.32. The molecule has 0 spiro atoms. The lowest BCUT2D eigenvalue weighted by molar-refractivity contribution is -0.139. The number of ether oxygens (including phenoxy) is 2. The van der Waals surface area contributed by atoms with Crippen molar-refractivity contribution in [3.8, 4) is 11.5 Å². The van der Waals surface area contributed by atoms with Crippen LogP contribution in [0.4, 0.5) is 10.1 Å². The molecule has 45 heavy (non-hydrogen) atoms. The Morgan fingerprint density at radius 1 is 0.911 bits per heavy atom. The normalized spacial score (nSPS) is 14.4. The summed E-state index contributed by atoms with van der Waals surface area (Å²) in [7, 11) is -1.46. The van der Waals surface area contributed by atoms with Gasteiger partial charge in [0, 0.05) is 18.7 Å². The van der Waals surface area contributed by atoms with Gasteiger partial charge in [-0.1, -0.05) is 37.5 Å². The van der Waals surface area contributed by atoms with Crippen LogP contribution in [0.15, 0.2) is 65.6 Å². The zero-order valence-electron chi connectivity index (χ0n) is 26.5. The van der Waals surface area contributed by atoms with Crippen LogP contribution in [0.2, 0.25) is 0 Å². The summed E-state index contributed by atoms with van der Waals surface area (Å²) in [6.45, 7) is 4.72. The molecule has 0 bridgehead atoms. The molecule has 1 N–H and O–H groups in total. The Hall–Kier alpha value is -4.12. The molecule has 1 aliphatic rings. The van der Waals surface area contributed by atoms with E-state index < -0.39 is 34.3 Å². The van der Waals surface area contributed by atoms with Gasteiger partial charge in [0.1, 0.15) is 18.4 Å². The number of nitrogens with one attached hydrogen (secondary N) is 1. The van der Waals surface area contributed by atoms with Crippen molar-refractivity contribution in [3.05, 3.63) is 83.2 Å². The number of aryl methyl sites for hydroxylation is 2. The standard InChI is InChI=1S/C34H42FN3O6S/c1-23-17-24(2)19-29(18-23)38(45(41,42)30-15-16-31(43-4)32(20-30)44-5)22-33(39)37(21-26-11-13-27(35)14-12-26)25(3)34(40)36-28-9-7-6-8-10-28/h11-20,25,28H,6-10,21-22H2,1-5H3,(H,36,40)/t25-/m1/s1. The van der Waals surface area contributed by atoms with Crippen LogP contribution in [0.1, 0.15) is 55.7 Å². The van der Waals surface area contributed by atoms with E-state index in [0.29, 0.717) is 17.0 Å². The number of amides is 2. The van der Waals surface area contributed by atoms with Gasteiger partial charge in [-0.05, 0) is 86.7 Å². The fourth-order valence-electron chi connectivity index (χ4n) is 5.67. The number of benzene rings is 3. The highest BCUT2D eigenvalue weighted by atomic mass is 32.2. The van der Waals surface area contributed by atoms with Crippen molar-refractivity contribution >= 4 is 27.5 Å². The molecule has 1 fully saturated rings. The Kier molecular flexibility index (Phi) is 11.1. The maximum absolute atomic E-state index is 14.3. The summed E-state index contributed by atoms with van der Waals surface area (Å²) in [6, 6.07) is 14.3. The van der Waals surface area contributed by atoms with Gasteiger partial charge in [0.25, 0.3) is 10.0 Å². The highest BCUT2D eigenvalue weighted by molar-refractivity contribution is 7.92. The Morgan fingerprint density at radius 2 is 1.53 bits per heavy atom. The van der Waals surface area contributed by atoms with Crippen molar-refractivity contribution in [2.24, 2.45) is 0 Å². The highest BCUT2D eigenvalue weighted by Crippen LogP contribution is 2.33. The average molecular weight is 640 g/mol. The molecule has 4 rings (SSSR count). The van der Waals surface area contributed by atoms with Gasteiger partial charge in [0.05, 0.1) is 24.8 Å². The molecule has 9 nitrogen and oxygen atoms in total. The third-order valence-corrected chi connectivity index (χ3v) is 9.87. The van der Waals surface area contributed by atoms with Gasteiger partial charge < -0.3 is 19.7 Å². The van der Waals surface area contributed by atoms with Crippen LogP contribution in [-0.2, 0) is 26.2 Å². The predicted octanol–water partition coefficient (Wildman–Crippen LogP) is 5.52. The van der Waals surface area contributed by atoms with Gasteiger partial charge >= 0.3 is 0 Å². The van der Waals surface area contributed by atoms with E-state index in [-0.39, 0.29) is 29.1 Å². The molecule has 0 saturated heterocycles. The number of hydrogen-bond acceptors (Lipinski definition) is 6. The molecule has 2 amide bonds. The molecule has 1 aliphatic carbocycles. The third-order valence-electron chi connectivity index (χ3n) is 8.10. The van der Waals surface area contributed by atoms with Crippen LogP contribution in [-0.4, -0.2) is 58.0 Å². The van der Waals surface area contributed by atoms with Crippen molar-refractivity contribution in [1.82, 2.24) is 10.2 Å². The van der Waals surface area contributed by atoms with Crippen LogP contribution in [0, 0.1) is 19.7 Å². The highest BCUT2D eigenvalue weighted by Gasteiger charge is 2.34. The summed E-state index contributed by atoms with van der Waals surface area (Å²) in [6.07, 6.45) is 4.91. The number of rotatable bonds is 12. The van der Waals surface area contributed by atoms with Crippen molar-refractivity contribution < 1.29 is 31.9 Å². The van der Waals surface area contributed by atoms with Gasteiger partial charge in [0.15, 0.2) is 11.5 Å². The number of nitrogens with zero attached hydrogens (tertiary/aromatic N) is 2. The molecule has 3 aromatic rings. The minimum absolute atomic E-state index is 0.0184. The summed E-state index contributed by atoms with van der Waals surface area (Å²) >= 11 is 0. The maximum Gasteiger partial charge on any atom is 0.264 e. The smallest absolute Gasteiger partial charge is 0.264 e. The third kappa shape index (κ3) is 8.33. The van der Waals surface area contributed by atoms with Crippen LogP contribution in [0.3, 0.4) is 0 Å². The molecule has 0 aliphatic heterocycles. The first kappa shape index (κ1) is 33.8. The minimum Gasteiger partial charge on any atom is -0.493 e. The van der Waals surface area contributed by atoms with E-state index in [1.165, 1.54) is 49.5 Å². The van der Waals surface area contributed by atoms with Crippen molar-refractivity contribution in [3.63, 3.8) is 0 Å². The Morgan fingerprint density at radius 3 is 2.13 bits per heavy atom. The van der Waals surface area contributed by atoms with Gasteiger partial charge in [-0.2, -0.15) is 0 Å². The summed E-state index contributed by atoms with van der Waals surface area (Å²) in [5.74, 6) is -0.765. The first-order valence-electron chi connectivity index (χ1n) is 15.1. The van der Waals surface area contributed by atoms with Crippen molar-refractivity contribution in [2.75, 3.05) is 25.1 Å². The molecule has 3 aromatic carbocycles. The fraction of sp³-hybridized carbons (Fsp3) is 0.412. The second-order valence-electron chi connectivity index (χ2n) is 11.5. The van der Waals surface area contributed by atoms with E-state index in [1.807, 2.05) is 19.9 Å². The summed E-state index contributed by atoms with van der Waals surface area (Å²) < 4.78 is 54.0. The Bertz CT molecular complexity index is 1590. The maximum atomic E-state index is 14.3. The van der Waals surface area contributed by atoms with Crippen LogP contribution in [0.25, 0.3) is 0 Å². The first-order chi connectivity index (χ1) is 21.4. The summed E-state index contributed by atoms with van der Waals surface area (Å²) in [4.78, 5) is 29.0. The molecule has 1 saturated carbocycles. The lowest BCUT2D eigenvalue weighted by Gasteiger charge is -2.33. The van der Waals surface area contributed by atoms with Gasteiger partial charge in [0.2, 0.25) is 11.8 Å². The van der Waals surface area contributed by atoms with Crippen LogP contribution < -0.4 is 19.1 Å². The van der Waals surface area contributed by atoms with E-state index in [9.17, 15) is 22.4 Å². The van der Waals surface area contributed by atoms with E-state index in [4.69, 9.17) is 9.47 Å². The molecule has 242 valence electrons. The molecule has 0 radical (unpaired) electrons. The number of carbonyl (C=O) groups is 2. The molecule has 11 heteroatoms. The van der Waals surface area contributed by atoms with E-state index in [1.54, 1.807) is 31.2 Å². The monoisotopic (exact) mass is 639 g/mol. The molecular weight excluding hydrogens is 597 g/mol. The molecule has 0 heterocycles. The Balaban J connectivity index is 1.73. The lowest BCUT2D eigenvalue weighted by atomic mass is 9.95. The second-order valence-corrected chi connectivity index (χ2v) is 13.4. The van der Waals surface area contributed by atoms with Crippen LogP contribution >= 0.6 is 0 Å². The fourth-order valence-corrected chi connectivity index (χ4v) is 7.08. The molecule has 1 atom stereocenters. The topological polar surface area (TPSA) is 105 Å². The lowest BCUT2D eigenvalue weighted by Crippen LogP contribution is -2.53. The molecule has 0 aromatic heterocycles. The number of sulfonamides is 1. The van der Waals surface area contributed by atoms with Gasteiger partial charge in [-0.25, -0.2) is 12.8 Å². The van der Waals surface area contributed by atoms with Gasteiger partial charge in [-0.3, -0.25) is 13.9 Å². The average Bonchev–Trinajstić information content (AvgIpc) is 3.02. The zero-order valence-corrected chi connectivity index (χ0v) is 27.3. The van der Waals surface area contributed by atoms with Crippen molar-refractivity contribution in [1.29, 1.82) is 0 Å². The number of carbonyl (C=O) groups excluding carboxylic acids is 2. The Labute approximate surface area is 265 Å². The predicted molar refractivity (Wildman–Crippen MR) is 171 cm³/mol. The first-order valence-corrected chi connectivity index (χ1v) is 16.5. The quantitative estimate of drug-likeness (QED) is 0.280. The van der Waals surface area contributed by atoms with Gasteiger partial charge in [-0.15, -0.1) is 0 Å². The zero-order chi connectivity index (χ0) is 32.7. The summed E-state index contributed by atoms with van der Waals surface area (Å²) in [5, 5.41) is 3.08.